The van der Waals surface area contributed by atoms with Gasteiger partial charge in [0, 0.05) is 47.5 Å². The number of guanidine groups is 1. The van der Waals surface area contributed by atoms with E-state index in [-0.39, 0.29) is 5.41 Å². The molecule has 1 aliphatic rings. The van der Waals surface area contributed by atoms with E-state index in [4.69, 9.17) is 9.47 Å². The van der Waals surface area contributed by atoms with Gasteiger partial charge in [-0.05, 0) is 44.4 Å². The number of aryl methyl sites for hydroxylation is 2. The highest BCUT2D eigenvalue weighted by Crippen LogP contribution is 2.40. The van der Waals surface area contributed by atoms with Crippen molar-refractivity contribution in [2.45, 2.75) is 45.1 Å². The van der Waals surface area contributed by atoms with Crippen molar-refractivity contribution in [3.05, 3.63) is 51.2 Å². The summed E-state index contributed by atoms with van der Waals surface area (Å²) in [5, 5.41) is 7.03. The summed E-state index contributed by atoms with van der Waals surface area (Å²) in [4.78, 5) is 7.18. The summed E-state index contributed by atoms with van der Waals surface area (Å²) < 4.78 is 11.4. The molecule has 0 atom stereocenters. The molecule has 0 saturated carbocycles. The number of methoxy groups -OCH3 is 1. The maximum atomic E-state index is 5.72. The second kappa shape index (κ2) is 10.1. The fourth-order valence-corrected chi connectivity index (χ4v) is 4.79. The van der Waals surface area contributed by atoms with Crippen LogP contribution in [0.5, 0.6) is 5.75 Å². The molecule has 0 spiro atoms. The van der Waals surface area contributed by atoms with Crippen LogP contribution >= 0.6 is 11.3 Å². The zero-order valence-electron chi connectivity index (χ0n) is 18.0. The Hall–Kier alpha value is -2.05. The van der Waals surface area contributed by atoms with Crippen molar-refractivity contribution in [1.29, 1.82) is 0 Å². The molecule has 1 aromatic carbocycles. The summed E-state index contributed by atoms with van der Waals surface area (Å²) in [5.41, 5.74) is 2.47. The molecule has 0 amide bonds. The maximum Gasteiger partial charge on any atom is 0.191 e. The quantitative estimate of drug-likeness (QED) is 0.529. The summed E-state index contributed by atoms with van der Waals surface area (Å²) in [5.74, 6) is 1.78. The number of hydrogen-bond donors (Lipinski definition) is 2. The van der Waals surface area contributed by atoms with Crippen LogP contribution in [0, 0.1) is 6.92 Å². The van der Waals surface area contributed by atoms with E-state index in [9.17, 15) is 0 Å². The van der Waals surface area contributed by atoms with Crippen molar-refractivity contribution in [2.75, 3.05) is 33.9 Å². The van der Waals surface area contributed by atoms with Gasteiger partial charge >= 0.3 is 0 Å². The van der Waals surface area contributed by atoms with E-state index < -0.39 is 0 Å². The third-order valence-electron chi connectivity index (χ3n) is 5.69. The van der Waals surface area contributed by atoms with Crippen LogP contribution in [0.25, 0.3) is 0 Å². The minimum atomic E-state index is -0.0362. The van der Waals surface area contributed by atoms with Crippen LogP contribution in [0.1, 0.15) is 40.6 Å². The van der Waals surface area contributed by atoms with Gasteiger partial charge in [0.15, 0.2) is 5.96 Å². The first-order chi connectivity index (χ1) is 14.1. The Morgan fingerprint density at radius 2 is 1.93 bits per heavy atom. The lowest BCUT2D eigenvalue weighted by molar-refractivity contribution is 0.0505. The van der Waals surface area contributed by atoms with Crippen molar-refractivity contribution in [3.63, 3.8) is 0 Å². The third-order valence-corrected chi connectivity index (χ3v) is 6.92. The normalized spacial score (nSPS) is 16.5. The molecule has 1 aliphatic heterocycles. The van der Waals surface area contributed by atoms with Gasteiger partial charge in [0.2, 0.25) is 0 Å². The van der Waals surface area contributed by atoms with Gasteiger partial charge in [-0.1, -0.05) is 24.6 Å². The topological polar surface area (TPSA) is 54.9 Å². The standard InChI is InChI=1S/C23H33N3O2S/c1-5-18-7-8-19(29-18)15-25-22(24-3)26-16-23(10-12-28-13-11-23)20-14-17(2)6-9-21(20)27-4/h6-9,14H,5,10-13,15-16H2,1-4H3,(H2,24,25,26). The van der Waals surface area contributed by atoms with Crippen LogP contribution in [0.3, 0.4) is 0 Å². The Bertz CT molecular complexity index is 825. The summed E-state index contributed by atoms with van der Waals surface area (Å²) in [7, 11) is 3.58. The van der Waals surface area contributed by atoms with Crippen LogP contribution in [-0.2, 0) is 23.1 Å². The Morgan fingerprint density at radius 3 is 2.59 bits per heavy atom. The molecule has 5 nitrogen and oxygen atoms in total. The number of rotatable bonds is 7. The zero-order valence-corrected chi connectivity index (χ0v) is 18.8. The third kappa shape index (κ3) is 5.31. The highest BCUT2D eigenvalue weighted by molar-refractivity contribution is 7.11. The van der Waals surface area contributed by atoms with E-state index in [1.807, 2.05) is 18.4 Å². The highest BCUT2D eigenvalue weighted by atomic mass is 32.1. The Kier molecular flexibility index (Phi) is 7.56. The number of thiophene rings is 1. The van der Waals surface area contributed by atoms with Gasteiger partial charge in [0.05, 0.1) is 13.7 Å². The summed E-state index contributed by atoms with van der Waals surface area (Å²) in [6.07, 6.45) is 3.00. The minimum absolute atomic E-state index is 0.0362. The van der Waals surface area contributed by atoms with Crippen LogP contribution < -0.4 is 15.4 Å². The smallest absolute Gasteiger partial charge is 0.191 e. The first-order valence-corrected chi connectivity index (χ1v) is 11.2. The molecular weight excluding hydrogens is 382 g/mol. The SMILES string of the molecule is CCc1ccc(CNC(=NC)NCC2(c3cc(C)ccc3OC)CCOCC2)s1. The molecule has 1 fully saturated rings. The van der Waals surface area contributed by atoms with Crippen LogP contribution in [0.15, 0.2) is 35.3 Å². The molecule has 158 valence electrons. The van der Waals surface area contributed by atoms with Gasteiger partial charge in [-0.3, -0.25) is 4.99 Å². The van der Waals surface area contributed by atoms with Crippen molar-refractivity contribution < 1.29 is 9.47 Å². The molecule has 0 unspecified atom stereocenters. The first kappa shape index (κ1) is 21.7. The van der Waals surface area contributed by atoms with Gasteiger partial charge in [-0.25, -0.2) is 0 Å². The number of nitrogens with zero attached hydrogens (tertiary/aromatic N) is 1. The first-order valence-electron chi connectivity index (χ1n) is 10.3. The molecule has 3 rings (SSSR count). The molecule has 1 saturated heterocycles. The Labute approximate surface area is 178 Å². The van der Waals surface area contributed by atoms with Gasteiger partial charge in [0.1, 0.15) is 5.75 Å². The van der Waals surface area contributed by atoms with E-state index in [2.05, 4.69) is 59.8 Å². The lowest BCUT2D eigenvalue weighted by atomic mass is 9.73. The Balaban J connectivity index is 1.72. The van der Waals surface area contributed by atoms with Crippen LogP contribution in [0.2, 0.25) is 0 Å². The molecule has 0 radical (unpaired) electrons. The predicted molar refractivity (Wildman–Crippen MR) is 121 cm³/mol. The van der Waals surface area contributed by atoms with Gasteiger partial charge in [-0.15, -0.1) is 11.3 Å². The molecule has 2 heterocycles. The number of hydrogen-bond acceptors (Lipinski definition) is 4. The number of nitrogens with one attached hydrogen (secondary N) is 2. The van der Waals surface area contributed by atoms with E-state index in [0.29, 0.717) is 0 Å². The molecule has 0 aliphatic carbocycles. The van der Waals surface area contributed by atoms with Gasteiger partial charge in [0.25, 0.3) is 0 Å². The Morgan fingerprint density at radius 1 is 1.17 bits per heavy atom. The maximum absolute atomic E-state index is 5.72. The van der Waals surface area contributed by atoms with Crippen LogP contribution in [-0.4, -0.2) is 39.9 Å². The zero-order chi connectivity index (χ0) is 20.7. The van der Waals surface area contributed by atoms with Crippen molar-refractivity contribution in [1.82, 2.24) is 10.6 Å². The molecule has 0 bridgehead atoms. The second-order valence-electron chi connectivity index (χ2n) is 7.60. The lowest BCUT2D eigenvalue weighted by Gasteiger charge is -2.39. The fraction of sp³-hybridized carbons (Fsp3) is 0.522. The molecule has 2 aromatic rings. The second-order valence-corrected chi connectivity index (χ2v) is 8.85. The molecule has 1 aromatic heterocycles. The van der Waals surface area contributed by atoms with Crippen molar-refractivity contribution in [3.8, 4) is 5.75 Å². The number of aliphatic imine (C=N–C) groups is 1. The summed E-state index contributed by atoms with van der Waals surface area (Å²) in [6, 6.07) is 10.9. The van der Waals surface area contributed by atoms with Crippen LogP contribution in [0.4, 0.5) is 0 Å². The van der Waals surface area contributed by atoms with E-state index in [0.717, 1.165) is 57.3 Å². The largest absolute Gasteiger partial charge is 0.496 e. The van der Waals surface area contributed by atoms with E-state index in [1.54, 1.807) is 7.11 Å². The minimum Gasteiger partial charge on any atom is -0.496 e. The number of ether oxygens (including phenoxy) is 2. The van der Waals surface area contributed by atoms with Crippen molar-refractivity contribution in [2.24, 2.45) is 4.99 Å². The summed E-state index contributed by atoms with van der Waals surface area (Å²) >= 11 is 1.86. The van der Waals surface area contributed by atoms with E-state index >= 15 is 0 Å². The monoisotopic (exact) mass is 415 g/mol. The summed E-state index contributed by atoms with van der Waals surface area (Å²) in [6.45, 7) is 7.43. The average Bonchev–Trinajstić information content (AvgIpc) is 3.22. The average molecular weight is 416 g/mol. The lowest BCUT2D eigenvalue weighted by Crippen LogP contribution is -2.48. The molecule has 6 heteroatoms. The predicted octanol–water partition coefficient (Wildman–Crippen LogP) is 4.04. The molecular formula is C23H33N3O2S. The van der Waals surface area contributed by atoms with E-state index in [1.165, 1.54) is 20.9 Å². The fourth-order valence-electron chi connectivity index (χ4n) is 3.89. The highest BCUT2D eigenvalue weighted by Gasteiger charge is 2.37. The van der Waals surface area contributed by atoms with Gasteiger partial charge < -0.3 is 20.1 Å². The van der Waals surface area contributed by atoms with Gasteiger partial charge in [-0.2, -0.15) is 0 Å². The van der Waals surface area contributed by atoms with Crippen molar-refractivity contribution >= 4 is 17.3 Å². The molecule has 29 heavy (non-hydrogen) atoms. The number of benzene rings is 1. The molecule has 2 N–H and O–H groups in total.